The van der Waals surface area contributed by atoms with E-state index in [4.69, 9.17) is 19.3 Å². The lowest BCUT2D eigenvalue weighted by Crippen LogP contribution is -2.63. The second kappa shape index (κ2) is 48.9. The molecule has 0 bridgehead atoms. The van der Waals surface area contributed by atoms with Crippen molar-refractivity contribution < 1.29 is 73.9 Å². The molecule has 91 heavy (non-hydrogen) atoms. The van der Waals surface area contributed by atoms with Gasteiger partial charge in [-0.15, -0.1) is 0 Å². The quantitative estimate of drug-likeness (QED) is 0.0507. The number of unbranched alkanes of at least 4 members (excludes halogenated alkanes) is 2. The Hall–Kier alpha value is -2.76. The number of amides is 2. The number of nitrogens with one attached hydrogen (secondary N) is 8. The monoisotopic (exact) mass is 1320 g/mol. The highest BCUT2D eigenvalue weighted by Crippen LogP contribution is 2.23. The van der Waals surface area contributed by atoms with Crippen LogP contribution in [0.5, 0.6) is 0 Å². The molecular weight excluding hydrogens is 1170 g/mol. The fraction of sp³-hybridized carbons (Fsp3) is 0.940. The maximum atomic E-state index is 12.0. The van der Waals surface area contributed by atoms with E-state index in [0.717, 1.165) is 32.4 Å². The number of methoxy groups -OCH3 is 1. The first-order valence-corrected chi connectivity index (χ1v) is 32.6. The van der Waals surface area contributed by atoms with Gasteiger partial charge in [-0.1, -0.05) is 48.5 Å². The number of aliphatic hydroxyl groups excluding tert-OH is 7. The Kier molecular flexibility index (Phi) is 53.3. The van der Waals surface area contributed by atoms with E-state index < -0.39 is 66.9 Å². The minimum Gasteiger partial charge on any atom is -0.468 e. The molecule has 24 nitrogen and oxygen atoms in total. The zero-order valence-corrected chi connectivity index (χ0v) is 62.5. The zero-order chi connectivity index (χ0) is 72.0. The SMILES string of the molecule is C.CC(C)(C)NCC(=O)OC(C)(C)C.CC(O)CNC(C)(C)C.CCCNC(C)(C)C.CC[C@@H]1O[C@@H](O)[C@@H](NC(=O)CCCCCNC(C)(C)C)[C@H](O)[C@H]1O.CC[C@@H]1O[C@@H](O)[C@@H](NC(C)C)[C@H](O)[C@H]1O.CN(C)C(=O)CNC(C)(C)C.COC(=O)CNC(C)(C)C. The Morgan fingerprint density at radius 2 is 0.879 bits per heavy atom. The molecule has 0 aliphatic carbocycles. The molecule has 0 aromatic carbocycles. The molecule has 11 atom stereocenters. The van der Waals surface area contributed by atoms with Gasteiger partial charge in [-0.3, -0.25) is 19.2 Å². The summed E-state index contributed by atoms with van der Waals surface area (Å²) < 4.78 is 20.0. The van der Waals surface area contributed by atoms with Gasteiger partial charge in [0.15, 0.2) is 12.6 Å². The summed E-state index contributed by atoms with van der Waals surface area (Å²) in [5.74, 6) is -0.579. The minimum atomic E-state index is -1.31. The molecule has 0 aromatic rings. The van der Waals surface area contributed by atoms with Crippen molar-refractivity contribution in [3.05, 3.63) is 0 Å². The number of esters is 2. The van der Waals surface area contributed by atoms with Gasteiger partial charge in [-0.05, 0) is 198 Å². The first kappa shape index (κ1) is 99.3. The molecule has 2 amide bonds. The van der Waals surface area contributed by atoms with Crippen molar-refractivity contribution in [1.29, 1.82) is 0 Å². The van der Waals surface area contributed by atoms with Crippen molar-refractivity contribution >= 4 is 23.8 Å². The number of carbonyl (C=O) groups excluding carboxylic acids is 4. The van der Waals surface area contributed by atoms with Crippen LogP contribution in [0, 0.1) is 0 Å². The fourth-order valence-electron chi connectivity index (χ4n) is 7.17. The van der Waals surface area contributed by atoms with Crippen LogP contribution in [0.15, 0.2) is 0 Å². The molecule has 2 fully saturated rings. The lowest BCUT2D eigenvalue weighted by molar-refractivity contribution is -0.249. The van der Waals surface area contributed by atoms with Crippen LogP contribution in [0.3, 0.4) is 0 Å². The van der Waals surface area contributed by atoms with Gasteiger partial charge in [-0.2, -0.15) is 0 Å². The highest BCUT2D eigenvalue weighted by molar-refractivity contribution is 5.77. The number of β-amino-alcohol motifs (C(OH)–C–C–N with tert-alkyl or cyclic N) is 1. The number of hydrogen-bond donors (Lipinski definition) is 15. The van der Waals surface area contributed by atoms with Crippen LogP contribution in [-0.2, 0) is 38.1 Å². The van der Waals surface area contributed by atoms with Crippen molar-refractivity contribution in [1.82, 2.24) is 47.4 Å². The third kappa shape index (κ3) is 64.4. The summed E-state index contributed by atoms with van der Waals surface area (Å²) in [5.41, 5.74) is 0.0855. The van der Waals surface area contributed by atoms with E-state index in [0.29, 0.717) is 37.9 Å². The molecule has 0 saturated carbocycles. The van der Waals surface area contributed by atoms with Gasteiger partial charge in [0, 0.05) is 66.3 Å². The molecule has 2 saturated heterocycles. The van der Waals surface area contributed by atoms with Crippen LogP contribution in [0.25, 0.3) is 0 Å². The van der Waals surface area contributed by atoms with Crippen LogP contribution in [-0.4, -0.2) is 237 Å². The van der Waals surface area contributed by atoms with Crippen LogP contribution in [0.2, 0.25) is 0 Å². The van der Waals surface area contributed by atoms with Crippen molar-refractivity contribution in [3.8, 4) is 0 Å². The third-order valence-corrected chi connectivity index (χ3v) is 12.1. The van der Waals surface area contributed by atoms with E-state index in [-0.39, 0.29) is 84.1 Å². The molecule has 2 heterocycles. The van der Waals surface area contributed by atoms with Crippen molar-refractivity contribution in [2.24, 2.45) is 0 Å². The molecule has 2 aliphatic heterocycles. The smallest absolute Gasteiger partial charge is 0.320 e. The summed E-state index contributed by atoms with van der Waals surface area (Å²) in [6.45, 7) is 57.9. The molecule has 0 aromatic heterocycles. The highest BCUT2D eigenvalue weighted by atomic mass is 16.6. The molecule has 15 N–H and O–H groups in total. The van der Waals surface area contributed by atoms with Gasteiger partial charge in [0.1, 0.15) is 36.1 Å². The Morgan fingerprint density at radius 3 is 1.20 bits per heavy atom. The first-order chi connectivity index (χ1) is 40.5. The second-order valence-corrected chi connectivity index (χ2v) is 30.8. The number of rotatable bonds is 21. The van der Waals surface area contributed by atoms with E-state index in [1.807, 2.05) is 104 Å². The largest absolute Gasteiger partial charge is 0.468 e. The second-order valence-electron chi connectivity index (χ2n) is 30.8. The Labute approximate surface area is 555 Å². The maximum Gasteiger partial charge on any atom is 0.320 e. The Balaban J connectivity index is -0.000000240. The van der Waals surface area contributed by atoms with Crippen LogP contribution < -0.4 is 42.5 Å². The van der Waals surface area contributed by atoms with Gasteiger partial charge in [0.25, 0.3) is 0 Å². The third-order valence-electron chi connectivity index (χ3n) is 12.1. The summed E-state index contributed by atoms with van der Waals surface area (Å²) in [5, 5.41) is 92.6. The number of ether oxygens (including phenoxy) is 4. The average Bonchev–Trinajstić information content (AvgIpc) is 0.875. The lowest BCUT2D eigenvalue weighted by atomic mass is 9.95. The van der Waals surface area contributed by atoms with Gasteiger partial charge >= 0.3 is 11.9 Å². The van der Waals surface area contributed by atoms with Crippen molar-refractivity contribution in [2.75, 3.05) is 60.5 Å². The van der Waals surface area contributed by atoms with Gasteiger partial charge in [0.05, 0.1) is 51.1 Å². The predicted octanol–water partition coefficient (Wildman–Crippen LogP) is 5.37. The molecule has 1 unspecified atom stereocenters. The number of nitrogens with zero attached hydrogens (tertiary/aromatic N) is 1. The number of carbonyl (C=O) groups is 4. The Morgan fingerprint density at radius 1 is 0.505 bits per heavy atom. The van der Waals surface area contributed by atoms with E-state index >= 15 is 0 Å². The number of likely N-dealkylation sites (N-methyl/N-ethyl adjacent to an activating group) is 1. The molecule has 550 valence electrons. The average molecular weight is 1320 g/mol. The number of aliphatic hydroxyl groups is 7. The normalized spacial score (nSPS) is 22.2. The molecule has 2 rings (SSSR count). The van der Waals surface area contributed by atoms with Gasteiger partial charge < -0.3 is 102 Å². The molecule has 2 aliphatic rings. The first-order valence-electron chi connectivity index (χ1n) is 32.6. The van der Waals surface area contributed by atoms with E-state index in [9.17, 15) is 49.8 Å². The summed E-state index contributed by atoms with van der Waals surface area (Å²) in [7, 11) is 4.89. The van der Waals surface area contributed by atoms with E-state index in [1.165, 1.54) is 13.5 Å². The topological polar surface area (TPSA) is 346 Å². The van der Waals surface area contributed by atoms with E-state index in [2.05, 4.69) is 117 Å². The molecule has 24 heteroatoms. The van der Waals surface area contributed by atoms with Crippen LogP contribution in [0.4, 0.5) is 0 Å². The van der Waals surface area contributed by atoms with Crippen molar-refractivity contribution in [2.45, 2.75) is 352 Å². The molecule has 0 radical (unpaired) electrons. The highest BCUT2D eigenvalue weighted by Gasteiger charge is 2.44. The molecule has 0 spiro atoms. The van der Waals surface area contributed by atoms with Gasteiger partial charge in [-0.25, -0.2) is 0 Å². The maximum absolute atomic E-state index is 12.0. The Bertz CT molecular complexity index is 1840. The van der Waals surface area contributed by atoms with Gasteiger partial charge in [0.2, 0.25) is 11.8 Å². The summed E-state index contributed by atoms with van der Waals surface area (Å²) in [6, 6.07) is -1.53. The minimum absolute atomic E-state index is 0. The van der Waals surface area contributed by atoms with Crippen molar-refractivity contribution in [3.63, 3.8) is 0 Å². The fourth-order valence-corrected chi connectivity index (χ4v) is 7.17. The summed E-state index contributed by atoms with van der Waals surface area (Å²) >= 11 is 0. The zero-order valence-electron chi connectivity index (χ0n) is 62.5. The van der Waals surface area contributed by atoms with Crippen LogP contribution in [0.1, 0.15) is 239 Å². The predicted molar refractivity (Wildman–Crippen MR) is 371 cm³/mol. The summed E-state index contributed by atoms with van der Waals surface area (Å²) in [4.78, 5) is 46.4. The lowest BCUT2D eigenvalue weighted by Gasteiger charge is -2.41. The van der Waals surface area contributed by atoms with E-state index in [1.54, 1.807) is 32.8 Å². The standard InChI is InChI=1S/C17H34N2O5.C10H21NO4.C10H21NO2.C8H18N2O.C7H15NO2.C7H17NO.C7H17N.CH4/c1-5-11-14(21)15(22)13(16(23)24-11)19-12(20)9-7-6-8-10-18-17(2,3)4;1-4-6-8(12)9(13)7(10(14)15-6)11-5(2)3;1-9(2,3)11-7-8(12)13-10(4,5)6;1-8(2,3)9-6-7(11)10(4)5;1-7(2,3)8-5-6(9)10-4;1-6(9)5-8-7(2,3)4;1-5-6-8-7(2,3)4;/h11,13-16,18,21-23H,5-10H2,1-4H3,(H,19,20);5-14H,4H2,1-3H3;11H,7H2,1-6H3;9H,6H2,1-5H3;8H,5H2,1-4H3;6,8-9H,5H2,1-4H3;8H,5-6H2,1-4H3;1H4/t11-,13-,14-,15-,16+;6-,7-,8-,9-,10+;;;;;;/m00....../s1. The number of hydrogen-bond acceptors (Lipinski definition) is 22. The summed E-state index contributed by atoms with van der Waals surface area (Å²) in [6.07, 6.45) is -2.85. The van der Waals surface area contributed by atoms with Crippen LogP contribution >= 0.6 is 0 Å². The molecular formula is C67H147N9O15.